The van der Waals surface area contributed by atoms with Crippen molar-refractivity contribution in [1.82, 2.24) is 5.32 Å². The summed E-state index contributed by atoms with van der Waals surface area (Å²) in [4.78, 5) is 0.442. The minimum Gasteiger partial charge on any atom is -0.314 e. The molecule has 0 radical (unpaired) electrons. The van der Waals surface area contributed by atoms with Crippen molar-refractivity contribution in [3.8, 4) is 0 Å². The van der Waals surface area contributed by atoms with E-state index in [-0.39, 0.29) is 5.75 Å². The third kappa shape index (κ3) is 5.25. The largest absolute Gasteiger partial charge is 0.314 e. The van der Waals surface area contributed by atoms with E-state index in [9.17, 15) is 8.42 Å². The zero-order chi connectivity index (χ0) is 15.0. The van der Waals surface area contributed by atoms with Gasteiger partial charge in [0.25, 0.3) is 0 Å². The van der Waals surface area contributed by atoms with Gasteiger partial charge in [0, 0.05) is 6.04 Å². The standard InChI is InChI=1S/C16H27NO2S/c1-4-11-17-15(6-3)13-14-7-9-16(10-8-14)20(18,19)12-5-2/h7-10,15,17H,4-6,11-13H2,1-3H3. The van der Waals surface area contributed by atoms with E-state index in [0.29, 0.717) is 17.4 Å². The SMILES string of the molecule is CCCNC(CC)Cc1ccc(S(=O)(=O)CCC)cc1. The third-order valence-corrected chi connectivity index (χ3v) is 5.35. The molecule has 3 nitrogen and oxygen atoms in total. The lowest BCUT2D eigenvalue weighted by atomic mass is 10.0. The van der Waals surface area contributed by atoms with E-state index >= 15 is 0 Å². The highest BCUT2D eigenvalue weighted by atomic mass is 32.2. The molecule has 0 aliphatic carbocycles. The van der Waals surface area contributed by atoms with Gasteiger partial charge in [0.1, 0.15) is 0 Å². The van der Waals surface area contributed by atoms with Gasteiger partial charge in [0.2, 0.25) is 0 Å². The molecular weight excluding hydrogens is 270 g/mol. The van der Waals surface area contributed by atoms with Gasteiger partial charge in [0.15, 0.2) is 9.84 Å². The summed E-state index contributed by atoms with van der Waals surface area (Å²) in [7, 11) is -3.09. The molecule has 114 valence electrons. The smallest absolute Gasteiger partial charge is 0.178 e. The normalized spacial score (nSPS) is 13.3. The van der Waals surface area contributed by atoms with Crippen molar-refractivity contribution < 1.29 is 8.42 Å². The second kappa shape index (κ2) is 8.42. The molecule has 0 heterocycles. The lowest BCUT2D eigenvalue weighted by Crippen LogP contribution is -2.31. The van der Waals surface area contributed by atoms with Crippen LogP contribution in [0.5, 0.6) is 0 Å². The number of rotatable bonds is 9. The van der Waals surface area contributed by atoms with Gasteiger partial charge < -0.3 is 5.32 Å². The Balaban J connectivity index is 2.71. The number of hydrogen-bond donors (Lipinski definition) is 1. The maximum absolute atomic E-state index is 12.0. The van der Waals surface area contributed by atoms with Crippen LogP contribution in [0, 0.1) is 0 Å². The number of hydrogen-bond acceptors (Lipinski definition) is 3. The molecule has 0 amide bonds. The molecule has 1 aromatic rings. The summed E-state index contributed by atoms with van der Waals surface area (Å²) in [6.45, 7) is 7.25. The first-order valence-corrected chi connectivity index (χ1v) is 9.23. The molecule has 0 aliphatic heterocycles. The Hall–Kier alpha value is -0.870. The number of sulfone groups is 1. The van der Waals surface area contributed by atoms with Crippen molar-refractivity contribution in [2.24, 2.45) is 0 Å². The first kappa shape index (κ1) is 17.2. The quantitative estimate of drug-likeness (QED) is 0.761. The summed E-state index contributed by atoms with van der Waals surface area (Å²) in [5.41, 5.74) is 1.19. The van der Waals surface area contributed by atoms with Crippen LogP contribution >= 0.6 is 0 Å². The summed E-state index contributed by atoms with van der Waals surface area (Å²) in [6, 6.07) is 7.84. The predicted octanol–water partition coefficient (Wildman–Crippen LogP) is 3.19. The molecule has 4 heteroatoms. The van der Waals surface area contributed by atoms with Gasteiger partial charge in [-0.15, -0.1) is 0 Å². The molecule has 20 heavy (non-hydrogen) atoms. The Bertz CT molecular complexity index is 480. The Morgan fingerprint density at radius 1 is 1.05 bits per heavy atom. The van der Waals surface area contributed by atoms with Crippen molar-refractivity contribution in [3.63, 3.8) is 0 Å². The fourth-order valence-electron chi connectivity index (χ4n) is 2.21. The van der Waals surface area contributed by atoms with Crippen molar-refractivity contribution in [2.45, 2.75) is 57.4 Å². The number of benzene rings is 1. The van der Waals surface area contributed by atoms with Gasteiger partial charge in [-0.3, -0.25) is 0 Å². The molecule has 0 fully saturated rings. The van der Waals surface area contributed by atoms with Crippen LogP contribution in [0.1, 0.15) is 45.6 Å². The van der Waals surface area contributed by atoms with Crippen molar-refractivity contribution in [1.29, 1.82) is 0 Å². The van der Waals surface area contributed by atoms with Crippen LogP contribution in [0.25, 0.3) is 0 Å². The van der Waals surface area contributed by atoms with Crippen LogP contribution in [-0.2, 0) is 16.3 Å². The van der Waals surface area contributed by atoms with Crippen LogP contribution in [0.15, 0.2) is 29.2 Å². The van der Waals surface area contributed by atoms with Crippen molar-refractivity contribution in [3.05, 3.63) is 29.8 Å². The predicted molar refractivity (Wildman–Crippen MR) is 84.9 cm³/mol. The molecule has 0 bridgehead atoms. The topological polar surface area (TPSA) is 46.2 Å². The first-order valence-electron chi connectivity index (χ1n) is 7.58. The molecule has 1 aromatic carbocycles. The molecular formula is C16H27NO2S. The highest BCUT2D eigenvalue weighted by Gasteiger charge is 2.13. The van der Waals surface area contributed by atoms with Crippen LogP contribution in [0.2, 0.25) is 0 Å². The van der Waals surface area contributed by atoms with Crippen LogP contribution in [0.4, 0.5) is 0 Å². The van der Waals surface area contributed by atoms with Crippen LogP contribution < -0.4 is 5.32 Å². The average molecular weight is 297 g/mol. The van der Waals surface area contributed by atoms with Crippen LogP contribution in [-0.4, -0.2) is 26.8 Å². The van der Waals surface area contributed by atoms with E-state index in [1.165, 1.54) is 5.56 Å². The van der Waals surface area contributed by atoms with Gasteiger partial charge in [0.05, 0.1) is 10.6 Å². The fourth-order valence-corrected chi connectivity index (χ4v) is 3.54. The molecule has 0 aromatic heterocycles. The number of nitrogens with one attached hydrogen (secondary N) is 1. The molecule has 0 spiro atoms. The van der Waals surface area contributed by atoms with Crippen LogP contribution in [0.3, 0.4) is 0 Å². The minimum absolute atomic E-state index is 0.224. The summed E-state index contributed by atoms with van der Waals surface area (Å²) in [5, 5.41) is 3.51. The maximum Gasteiger partial charge on any atom is 0.178 e. The molecule has 0 saturated carbocycles. The van der Waals surface area contributed by atoms with E-state index in [2.05, 4.69) is 19.2 Å². The lowest BCUT2D eigenvalue weighted by molar-refractivity contribution is 0.494. The zero-order valence-corrected chi connectivity index (χ0v) is 13.7. The van der Waals surface area contributed by atoms with E-state index in [0.717, 1.165) is 25.8 Å². The van der Waals surface area contributed by atoms with E-state index in [1.807, 2.05) is 19.1 Å². The fraction of sp³-hybridized carbons (Fsp3) is 0.625. The van der Waals surface area contributed by atoms with E-state index in [1.54, 1.807) is 12.1 Å². The van der Waals surface area contributed by atoms with Gasteiger partial charge in [-0.2, -0.15) is 0 Å². The van der Waals surface area contributed by atoms with E-state index in [4.69, 9.17) is 0 Å². The highest BCUT2D eigenvalue weighted by molar-refractivity contribution is 7.91. The maximum atomic E-state index is 12.0. The molecule has 1 unspecified atom stereocenters. The molecule has 1 N–H and O–H groups in total. The molecule has 0 aliphatic rings. The van der Waals surface area contributed by atoms with Gasteiger partial charge in [-0.25, -0.2) is 8.42 Å². The highest BCUT2D eigenvalue weighted by Crippen LogP contribution is 2.15. The third-order valence-electron chi connectivity index (χ3n) is 3.41. The Morgan fingerprint density at radius 3 is 2.20 bits per heavy atom. The second-order valence-electron chi connectivity index (χ2n) is 5.23. The average Bonchev–Trinajstić information content (AvgIpc) is 2.44. The van der Waals surface area contributed by atoms with Gasteiger partial charge >= 0.3 is 0 Å². The monoisotopic (exact) mass is 297 g/mol. The molecule has 0 saturated heterocycles. The zero-order valence-electron chi connectivity index (χ0n) is 12.9. The summed E-state index contributed by atoms with van der Waals surface area (Å²) < 4.78 is 23.9. The Kier molecular flexibility index (Phi) is 7.24. The Morgan fingerprint density at radius 2 is 1.70 bits per heavy atom. The van der Waals surface area contributed by atoms with Gasteiger partial charge in [-0.05, 0) is 49.9 Å². The first-order chi connectivity index (χ1) is 9.53. The van der Waals surface area contributed by atoms with E-state index < -0.39 is 9.84 Å². The lowest BCUT2D eigenvalue weighted by Gasteiger charge is -2.16. The van der Waals surface area contributed by atoms with Crippen molar-refractivity contribution >= 4 is 9.84 Å². The minimum atomic E-state index is -3.09. The second-order valence-corrected chi connectivity index (χ2v) is 7.34. The summed E-state index contributed by atoms with van der Waals surface area (Å²) in [6.07, 6.45) is 3.81. The summed E-state index contributed by atoms with van der Waals surface area (Å²) >= 11 is 0. The summed E-state index contributed by atoms with van der Waals surface area (Å²) in [5.74, 6) is 0.224. The molecule has 1 atom stereocenters. The van der Waals surface area contributed by atoms with Crippen molar-refractivity contribution in [2.75, 3.05) is 12.3 Å². The molecule has 1 rings (SSSR count). The van der Waals surface area contributed by atoms with Gasteiger partial charge in [-0.1, -0.05) is 32.9 Å². The Labute approximate surface area is 123 Å².